The predicted molar refractivity (Wildman–Crippen MR) is 112 cm³/mol. The molecule has 0 saturated carbocycles. The van der Waals surface area contributed by atoms with E-state index in [0.29, 0.717) is 43.3 Å². The van der Waals surface area contributed by atoms with Gasteiger partial charge in [-0.2, -0.15) is 0 Å². The lowest BCUT2D eigenvalue weighted by Gasteiger charge is -2.31. The van der Waals surface area contributed by atoms with Gasteiger partial charge in [-0.05, 0) is 49.8 Å². The zero-order chi connectivity index (χ0) is 21.3. The molecule has 3 rings (SSSR count). The normalized spacial score (nSPS) is 14.4. The second-order valence-corrected chi connectivity index (χ2v) is 7.63. The van der Waals surface area contributed by atoms with Gasteiger partial charge in [-0.25, -0.2) is 4.98 Å². The highest BCUT2D eigenvalue weighted by molar-refractivity contribution is 6.42. The Labute approximate surface area is 180 Å². The van der Waals surface area contributed by atoms with Gasteiger partial charge in [-0.15, -0.1) is 0 Å². The van der Waals surface area contributed by atoms with Gasteiger partial charge in [0.15, 0.2) is 6.29 Å². The van der Waals surface area contributed by atoms with Gasteiger partial charge in [0.25, 0.3) is 11.7 Å². The fraction of sp³-hybridized carbons (Fsp3) is 0.409. The molecule has 0 unspecified atom stereocenters. The molecule has 1 saturated heterocycles. The van der Waals surface area contributed by atoms with Crippen LogP contribution >= 0.6 is 11.6 Å². The van der Waals surface area contributed by atoms with Crippen molar-refractivity contribution in [2.75, 3.05) is 19.7 Å². The molecule has 1 aliphatic heterocycles. The van der Waals surface area contributed by atoms with E-state index in [9.17, 15) is 14.4 Å². The summed E-state index contributed by atoms with van der Waals surface area (Å²) in [6.07, 6.45) is 6.90. The van der Waals surface area contributed by atoms with Crippen molar-refractivity contribution in [2.45, 2.75) is 32.1 Å². The summed E-state index contributed by atoms with van der Waals surface area (Å²) < 4.78 is 5.58. The summed E-state index contributed by atoms with van der Waals surface area (Å²) in [5.74, 6) is -0.0539. The number of aldehydes is 1. The van der Waals surface area contributed by atoms with Crippen LogP contribution in [0.25, 0.3) is 0 Å². The zero-order valence-electron chi connectivity index (χ0n) is 16.6. The van der Waals surface area contributed by atoms with E-state index in [0.717, 1.165) is 32.1 Å². The van der Waals surface area contributed by atoms with Crippen molar-refractivity contribution < 1.29 is 19.1 Å². The van der Waals surface area contributed by atoms with Crippen molar-refractivity contribution in [3.8, 4) is 5.88 Å². The standard InChI is InChI=1S/C22H24ClN3O4/c23-21-17(15-27)7-8-19(25-21)30-14-4-2-5-16-9-12-26(13-10-16)22(29)20(28)18-6-1-3-11-24-18/h1,3,6-8,11,15-16H,2,4-5,9-10,12-14H2. The summed E-state index contributed by atoms with van der Waals surface area (Å²) in [5.41, 5.74) is 0.539. The Hall–Kier alpha value is -2.80. The van der Waals surface area contributed by atoms with Gasteiger partial charge in [0.1, 0.15) is 10.8 Å². The van der Waals surface area contributed by atoms with Crippen LogP contribution in [-0.2, 0) is 4.79 Å². The van der Waals surface area contributed by atoms with Crippen molar-refractivity contribution in [3.63, 3.8) is 0 Å². The van der Waals surface area contributed by atoms with E-state index in [2.05, 4.69) is 9.97 Å². The number of hydrogen-bond acceptors (Lipinski definition) is 6. The van der Waals surface area contributed by atoms with E-state index in [4.69, 9.17) is 16.3 Å². The van der Waals surface area contributed by atoms with Crippen LogP contribution in [0.15, 0.2) is 36.5 Å². The molecule has 0 N–H and O–H groups in total. The first-order valence-corrected chi connectivity index (χ1v) is 10.5. The molecule has 0 atom stereocenters. The molecule has 0 aromatic carbocycles. The number of likely N-dealkylation sites (tertiary alicyclic amines) is 1. The molecule has 0 aliphatic carbocycles. The molecule has 0 spiro atoms. The Bertz CT molecular complexity index is 883. The van der Waals surface area contributed by atoms with Gasteiger partial charge in [0.2, 0.25) is 5.88 Å². The number of rotatable bonds is 9. The number of halogens is 1. The molecule has 158 valence electrons. The van der Waals surface area contributed by atoms with Gasteiger partial charge in [0, 0.05) is 25.4 Å². The number of carbonyl (C=O) groups excluding carboxylic acids is 3. The molecule has 0 bridgehead atoms. The number of carbonyl (C=O) groups is 3. The molecule has 0 radical (unpaired) electrons. The van der Waals surface area contributed by atoms with Crippen LogP contribution in [0.1, 0.15) is 53.0 Å². The zero-order valence-corrected chi connectivity index (χ0v) is 17.4. The summed E-state index contributed by atoms with van der Waals surface area (Å²) in [4.78, 5) is 45.0. The van der Waals surface area contributed by atoms with Crippen LogP contribution in [0.4, 0.5) is 0 Å². The Morgan fingerprint density at radius 2 is 1.97 bits per heavy atom. The highest BCUT2D eigenvalue weighted by Crippen LogP contribution is 2.23. The van der Waals surface area contributed by atoms with Crippen molar-refractivity contribution >= 4 is 29.6 Å². The van der Waals surface area contributed by atoms with Crippen molar-refractivity contribution in [1.29, 1.82) is 0 Å². The van der Waals surface area contributed by atoms with Gasteiger partial charge >= 0.3 is 0 Å². The fourth-order valence-corrected chi connectivity index (χ4v) is 3.67. The maximum Gasteiger partial charge on any atom is 0.296 e. The molecule has 2 aromatic heterocycles. The molecule has 30 heavy (non-hydrogen) atoms. The highest BCUT2D eigenvalue weighted by atomic mass is 35.5. The monoisotopic (exact) mass is 429 g/mol. The largest absolute Gasteiger partial charge is 0.478 e. The van der Waals surface area contributed by atoms with E-state index < -0.39 is 11.7 Å². The number of aromatic nitrogens is 2. The van der Waals surface area contributed by atoms with E-state index in [1.807, 2.05) is 0 Å². The third-order valence-electron chi connectivity index (χ3n) is 5.23. The number of hydrogen-bond donors (Lipinski definition) is 0. The van der Waals surface area contributed by atoms with Crippen molar-refractivity contribution in [2.24, 2.45) is 5.92 Å². The molecule has 7 nitrogen and oxygen atoms in total. The smallest absolute Gasteiger partial charge is 0.296 e. The number of ether oxygens (including phenoxy) is 1. The number of unbranched alkanes of at least 4 members (excludes halogenated alkanes) is 1. The van der Waals surface area contributed by atoms with Gasteiger partial charge in [0.05, 0.1) is 12.2 Å². The van der Waals surface area contributed by atoms with Crippen molar-refractivity contribution in [3.05, 3.63) is 52.9 Å². The first kappa shape index (κ1) is 21.9. The molecule has 1 fully saturated rings. The summed E-state index contributed by atoms with van der Waals surface area (Å²) in [7, 11) is 0. The number of piperidine rings is 1. The molecule has 3 heterocycles. The lowest BCUT2D eigenvalue weighted by Crippen LogP contribution is -2.42. The Balaban J connectivity index is 1.33. The summed E-state index contributed by atoms with van der Waals surface area (Å²) >= 11 is 5.88. The molecule has 1 amide bonds. The Morgan fingerprint density at radius 3 is 2.63 bits per heavy atom. The maximum atomic E-state index is 12.4. The van der Waals surface area contributed by atoms with Crippen LogP contribution in [0, 0.1) is 5.92 Å². The quantitative estimate of drug-likeness (QED) is 0.199. The predicted octanol–water partition coefficient (Wildman–Crippen LogP) is 3.61. The maximum absolute atomic E-state index is 12.4. The molecule has 8 heteroatoms. The van der Waals surface area contributed by atoms with E-state index >= 15 is 0 Å². The van der Waals surface area contributed by atoms with Crippen LogP contribution < -0.4 is 4.74 Å². The number of pyridine rings is 2. The summed E-state index contributed by atoms with van der Waals surface area (Å²) in [6, 6.07) is 8.20. The topological polar surface area (TPSA) is 89.5 Å². The van der Waals surface area contributed by atoms with Crippen LogP contribution in [0.3, 0.4) is 0 Å². The van der Waals surface area contributed by atoms with Crippen molar-refractivity contribution in [1.82, 2.24) is 14.9 Å². The molecular weight excluding hydrogens is 406 g/mol. The van der Waals surface area contributed by atoms with Gasteiger partial charge in [-0.3, -0.25) is 19.4 Å². The summed E-state index contributed by atoms with van der Waals surface area (Å²) in [6.45, 7) is 1.73. The van der Waals surface area contributed by atoms with Crippen LogP contribution in [0.2, 0.25) is 5.15 Å². The lowest BCUT2D eigenvalue weighted by atomic mass is 9.91. The first-order chi connectivity index (χ1) is 14.6. The third-order valence-corrected chi connectivity index (χ3v) is 5.53. The molecule has 1 aliphatic rings. The van der Waals surface area contributed by atoms with Crippen LogP contribution in [0.5, 0.6) is 5.88 Å². The minimum Gasteiger partial charge on any atom is -0.478 e. The number of Topliss-reactive ketones (excluding diaryl/α,β-unsaturated/α-hetero) is 1. The summed E-state index contributed by atoms with van der Waals surface area (Å²) in [5, 5.41) is 0.144. The van der Waals surface area contributed by atoms with E-state index in [1.165, 1.54) is 6.20 Å². The molecular formula is C22H24ClN3O4. The first-order valence-electron chi connectivity index (χ1n) is 10.1. The van der Waals surface area contributed by atoms with Gasteiger partial charge < -0.3 is 9.64 Å². The Kier molecular flexibility index (Phi) is 7.90. The van der Waals surface area contributed by atoms with Crippen LogP contribution in [-0.4, -0.2) is 52.5 Å². The van der Waals surface area contributed by atoms with E-state index in [-0.39, 0.29) is 10.8 Å². The lowest BCUT2D eigenvalue weighted by molar-refractivity contribution is -0.127. The minimum absolute atomic E-state index is 0.144. The van der Waals surface area contributed by atoms with E-state index in [1.54, 1.807) is 35.2 Å². The Morgan fingerprint density at radius 1 is 1.17 bits per heavy atom. The number of ketones is 1. The average molecular weight is 430 g/mol. The SMILES string of the molecule is O=Cc1ccc(OCCCCC2CCN(C(=O)C(=O)c3ccccn3)CC2)nc1Cl. The average Bonchev–Trinajstić information content (AvgIpc) is 2.79. The second-order valence-electron chi connectivity index (χ2n) is 7.27. The molecule has 2 aromatic rings. The fourth-order valence-electron chi connectivity index (χ4n) is 3.48. The third kappa shape index (κ3) is 5.86. The minimum atomic E-state index is -0.541. The number of nitrogens with zero attached hydrogens (tertiary/aromatic N) is 3. The second kappa shape index (κ2) is 10.8. The van der Waals surface area contributed by atoms with Gasteiger partial charge in [-0.1, -0.05) is 24.1 Å². The number of amides is 1. The highest BCUT2D eigenvalue weighted by Gasteiger charge is 2.28.